The first-order valence-electron chi connectivity index (χ1n) is 5.84. The number of carbonyl (C=O) groups is 1. The number of carboxylic acid groups (broad SMARTS) is 1. The summed E-state index contributed by atoms with van der Waals surface area (Å²) in [4.78, 5) is 10.1. The Labute approximate surface area is 126 Å². The third-order valence-corrected chi connectivity index (χ3v) is 5.28. The van der Waals surface area contributed by atoms with Gasteiger partial charge in [-0.3, -0.25) is 5.10 Å². The van der Waals surface area contributed by atoms with E-state index in [9.17, 15) is 21.6 Å². The van der Waals surface area contributed by atoms with E-state index in [1.807, 2.05) is 0 Å². The van der Waals surface area contributed by atoms with Crippen LogP contribution in [-0.4, -0.2) is 50.6 Å². The molecule has 2 aromatic rings. The largest absolute Gasteiger partial charge is 0.477 e. The normalized spacial score (nSPS) is 12.3. The van der Waals surface area contributed by atoms with Crippen LogP contribution in [0.3, 0.4) is 0 Å². The molecule has 2 rings (SSSR count). The summed E-state index contributed by atoms with van der Waals surface area (Å²) in [6.45, 7) is 0. The maximum Gasteiger partial charge on any atom is 0.353 e. The monoisotopic (exact) mass is 344 g/mol. The Hall–Kier alpha value is -2.20. The first-order valence-corrected chi connectivity index (χ1v) is 9.62. The highest BCUT2D eigenvalue weighted by Gasteiger charge is 2.26. The van der Waals surface area contributed by atoms with Crippen LogP contribution in [0, 0.1) is 0 Å². The Morgan fingerprint density at radius 2 is 1.77 bits per heavy atom. The summed E-state index contributed by atoms with van der Waals surface area (Å²) < 4.78 is 47.7. The molecule has 1 aromatic heterocycles. The number of aromatic nitrogens is 2. The van der Waals surface area contributed by atoms with Crippen LogP contribution in [-0.2, 0) is 19.7 Å². The van der Waals surface area contributed by atoms with Gasteiger partial charge >= 0.3 is 5.97 Å². The molecule has 0 aliphatic heterocycles. The molecule has 0 bridgehead atoms. The fraction of sp³-hybridized carbons (Fsp3) is 0.167. The van der Waals surface area contributed by atoms with Gasteiger partial charge in [0, 0.05) is 18.1 Å². The zero-order valence-electron chi connectivity index (χ0n) is 11.6. The second-order valence-corrected chi connectivity index (χ2v) is 8.59. The molecule has 8 nitrogen and oxygen atoms in total. The zero-order valence-corrected chi connectivity index (χ0v) is 13.2. The molecule has 0 spiro atoms. The number of nitrogens with one attached hydrogen (secondary N) is 1. The first kappa shape index (κ1) is 16.2. The molecule has 118 valence electrons. The van der Waals surface area contributed by atoms with Crippen molar-refractivity contribution in [1.29, 1.82) is 0 Å². The third kappa shape index (κ3) is 3.02. The molecule has 1 aromatic carbocycles. The summed E-state index contributed by atoms with van der Waals surface area (Å²) in [5, 5.41) is 14.9. The molecule has 10 heteroatoms. The smallest absolute Gasteiger partial charge is 0.353 e. The molecular formula is C12H12N2O6S2. The standard InChI is InChI=1S/C12H12N2O6S2/c1-21(17,18)10-5-3-4-7(11(10)22(2,19)20)8-6-9(12(15)16)14-13-8/h3-6H,1-2H3,(H,13,14)(H,15,16). The predicted molar refractivity (Wildman–Crippen MR) is 77.2 cm³/mol. The summed E-state index contributed by atoms with van der Waals surface area (Å²) in [6.07, 6.45) is 1.78. The van der Waals surface area contributed by atoms with Crippen LogP contribution in [0.25, 0.3) is 11.3 Å². The fourth-order valence-electron chi connectivity index (χ4n) is 1.96. The first-order chi connectivity index (χ1) is 10.0. The number of benzene rings is 1. The van der Waals surface area contributed by atoms with Crippen molar-refractivity contribution in [3.63, 3.8) is 0 Å². The predicted octanol–water partition coefficient (Wildman–Crippen LogP) is 0.582. The third-order valence-electron chi connectivity index (χ3n) is 2.83. The number of hydrogen-bond acceptors (Lipinski definition) is 6. The quantitative estimate of drug-likeness (QED) is 0.828. The van der Waals surface area contributed by atoms with Crippen molar-refractivity contribution in [2.45, 2.75) is 9.79 Å². The Morgan fingerprint density at radius 3 is 2.23 bits per heavy atom. The Morgan fingerprint density at radius 1 is 1.14 bits per heavy atom. The van der Waals surface area contributed by atoms with E-state index in [0.29, 0.717) is 0 Å². The molecule has 22 heavy (non-hydrogen) atoms. The summed E-state index contributed by atoms with van der Waals surface area (Å²) in [6, 6.07) is 5.06. The molecule has 0 atom stereocenters. The summed E-state index contributed by atoms with van der Waals surface area (Å²) in [7, 11) is -7.68. The second kappa shape index (κ2) is 5.21. The number of carboxylic acids is 1. The van der Waals surface area contributed by atoms with Crippen LogP contribution in [0.1, 0.15) is 10.5 Å². The van der Waals surface area contributed by atoms with E-state index in [2.05, 4.69) is 10.2 Å². The van der Waals surface area contributed by atoms with Gasteiger partial charge in [-0.15, -0.1) is 0 Å². The number of hydrogen-bond donors (Lipinski definition) is 2. The lowest BCUT2D eigenvalue weighted by atomic mass is 10.1. The number of nitrogens with zero attached hydrogens (tertiary/aromatic N) is 1. The number of sulfone groups is 2. The van der Waals surface area contributed by atoms with Crippen molar-refractivity contribution in [3.8, 4) is 11.3 Å². The van der Waals surface area contributed by atoms with Crippen LogP contribution >= 0.6 is 0 Å². The maximum atomic E-state index is 12.0. The zero-order chi connectivity index (χ0) is 16.7. The molecule has 0 aliphatic carbocycles. The van der Waals surface area contributed by atoms with Crippen molar-refractivity contribution >= 4 is 25.6 Å². The summed E-state index contributed by atoms with van der Waals surface area (Å²) in [5.41, 5.74) is -0.184. The van der Waals surface area contributed by atoms with Crippen LogP contribution in [0.4, 0.5) is 0 Å². The van der Waals surface area contributed by atoms with Gasteiger partial charge in [0.2, 0.25) is 0 Å². The van der Waals surface area contributed by atoms with Crippen LogP contribution in [0.15, 0.2) is 34.1 Å². The van der Waals surface area contributed by atoms with Crippen molar-refractivity contribution < 1.29 is 26.7 Å². The minimum Gasteiger partial charge on any atom is -0.477 e. The Balaban J connectivity index is 2.84. The molecule has 0 saturated heterocycles. The van der Waals surface area contributed by atoms with E-state index in [0.717, 1.165) is 18.6 Å². The van der Waals surface area contributed by atoms with E-state index in [4.69, 9.17) is 5.11 Å². The number of rotatable bonds is 4. The van der Waals surface area contributed by atoms with E-state index < -0.39 is 30.5 Å². The van der Waals surface area contributed by atoms with E-state index in [-0.39, 0.29) is 21.8 Å². The molecule has 0 aliphatic rings. The van der Waals surface area contributed by atoms with Gasteiger partial charge in [-0.2, -0.15) is 5.10 Å². The minimum atomic E-state index is -3.89. The highest BCUT2D eigenvalue weighted by molar-refractivity contribution is 7.93. The SMILES string of the molecule is CS(=O)(=O)c1cccc(-c2cc(C(=O)O)[nH]n2)c1S(C)(=O)=O. The highest BCUT2D eigenvalue weighted by Crippen LogP contribution is 2.32. The molecule has 0 saturated carbocycles. The average Bonchev–Trinajstić information content (AvgIpc) is 2.85. The average molecular weight is 344 g/mol. The van der Waals surface area contributed by atoms with Gasteiger partial charge in [0.05, 0.1) is 15.5 Å². The van der Waals surface area contributed by atoms with Gasteiger partial charge < -0.3 is 5.11 Å². The highest BCUT2D eigenvalue weighted by atomic mass is 32.2. The van der Waals surface area contributed by atoms with Crippen LogP contribution < -0.4 is 0 Å². The van der Waals surface area contributed by atoms with Crippen molar-refractivity contribution in [1.82, 2.24) is 10.2 Å². The van der Waals surface area contributed by atoms with E-state index in [1.165, 1.54) is 18.2 Å². The second-order valence-electron chi connectivity index (χ2n) is 4.65. The van der Waals surface area contributed by atoms with Gasteiger partial charge in [0.15, 0.2) is 19.7 Å². The molecule has 0 unspecified atom stereocenters. The Kier molecular flexibility index (Phi) is 3.83. The van der Waals surface area contributed by atoms with E-state index in [1.54, 1.807) is 0 Å². The van der Waals surface area contributed by atoms with Crippen molar-refractivity contribution in [3.05, 3.63) is 30.0 Å². The maximum absolute atomic E-state index is 12.0. The van der Waals surface area contributed by atoms with Gasteiger partial charge in [-0.1, -0.05) is 12.1 Å². The lowest BCUT2D eigenvalue weighted by Gasteiger charge is -2.10. The number of aromatic carboxylic acids is 1. The fourth-order valence-corrected chi connectivity index (χ4v) is 4.65. The summed E-state index contributed by atoms with van der Waals surface area (Å²) in [5.74, 6) is -1.26. The van der Waals surface area contributed by atoms with E-state index >= 15 is 0 Å². The lowest BCUT2D eigenvalue weighted by molar-refractivity contribution is 0.0690. The van der Waals surface area contributed by atoms with Gasteiger partial charge in [0.1, 0.15) is 5.69 Å². The molecule has 0 radical (unpaired) electrons. The van der Waals surface area contributed by atoms with Crippen LogP contribution in [0.5, 0.6) is 0 Å². The molecule has 2 N–H and O–H groups in total. The number of H-pyrrole nitrogens is 1. The summed E-state index contributed by atoms with van der Waals surface area (Å²) >= 11 is 0. The van der Waals surface area contributed by atoms with Gasteiger partial charge in [-0.05, 0) is 12.1 Å². The minimum absolute atomic E-state index is 0.0224. The Bertz CT molecular complexity index is 957. The lowest BCUT2D eigenvalue weighted by Crippen LogP contribution is -2.09. The molecule has 0 amide bonds. The topological polar surface area (TPSA) is 134 Å². The molecular weight excluding hydrogens is 332 g/mol. The molecule has 0 fully saturated rings. The van der Waals surface area contributed by atoms with Gasteiger partial charge in [-0.25, -0.2) is 21.6 Å². The van der Waals surface area contributed by atoms with Crippen LogP contribution in [0.2, 0.25) is 0 Å². The van der Waals surface area contributed by atoms with Gasteiger partial charge in [0.25, 0.3) is 0 Å². The van der Waals surface area contributed by atoms with Crippen molar-refractivity contribution in [2.24, 2.45) is 0 Å². The van der Waals surface area contributed by atoms with Crippen molar-refractivity contribution in [2.75, 3.05) is 12.5 Å². The number of aromatic amines is 1. The molecule has 1 heterocycles.